The van der Waals surface area contributed by atoms with Gasteiger partial charge in [0.2, 0.25) is 0 Å². The third-order valence-electron chi connectivity index (χ3n) is 1.82. The minimum Gasteiger partial charge on any atom is -0.179 e. The molecule has 1 aliphatic heterocycles. The third kappa shape index (κ3) is 26.4. The minimum absolute atomic E-state index is 0.914. The molecule has 0 aromatic rings. The fourth-order valence-corrected chi connectivity index (χ4v) is 2.45. The maximum absolute atomic E-state index is 4.07. The van der Waals surface area contributed by atoms with Crippen LogP contribution in [0.2, 0.25) is 0 Å². The summed E-state index contributed by atoms with van der Waals surface area (Å²) < 4.78 is 0. The SMILES string of the molecule is SC=CCCS.SCC1CS1.SCCCCCS. The number of thioether (sulfide) groups is 1. The Bertz CT molecular complexity index is 155. The number of hydrogen-bond acceptors (Lipinski definition) is 6. The quantitative estimate of drug-likeness (QED) is 0.246. The van der Waals surface area contributed by atoms with Crippen LogP contribution in [0.4, 0.5) is 0 Å². The molecule has 1 saturated heterocycles. The summed E-state index contributed by atoms with van der Waals surface area (Å²) in [6.45, 7) is 0. The van der Waals surface area contributed by atoms with E-state index >= 15 is 0 Å². The second-order valence-electron chi connectivity index (χ2n) is 3.54. The minimum atomic E-state index is 0.914. The number of allylic oxidation sites excluding steroid dienone is 1. The van der Waals surface area contributed by atoms with Crippen LogP contribution in [0.5, 0.6) is 0 Å². The largest absolute Gasteiger partial charge is 0.179 e. The zero-order valence-electron chi connectivity index (χ0n) is 10.7. The summed E-state index contributed by atoms with van der Waals surface area (Å²) in [6, 6.07) is 0. The van der Waals surface area contributed by atoms with E-state index in [-0.39, 0.29) is 0 Å². The van der Waals surface area contributed by atoms with Gasteiger partial charge in [-0.15, -0.1) is 0 Å². The molecule has 0 aliphatic carbocycles. The van der Waals surface area contributed by atoms with Gasteiger partial charge in [-0.25, -0.2) is 0 Å². The molecule has 0 aromatic heterocycles. The second kappa shape index (κ2) is 21.1. The molecule has 18 heavy (non-hydrogen) atoms. The van der Waals surface area contributed by atoms with Gasteiger partial charge in [-0.2, -0.15) is 74.9 Å². The van der Waals surface area contributed by atoms with Crippen LogP contribution in [-0.2, 0) is 0 Å². The lowest BCUT2D eigenvalue weighted by Gasteiger charge is -1.90. The molecule has 0 spiro atoms. The Balaban J connectivity index is 0. The van der Waals surface area contributed by atoms with Gasteiger partial charge < -0.3 is 0 Å². The average Bonchev–Trinajstić information content (AvgIpc) is 3.22. The Labute approximate surface area is 145 Å². The Morgan fingerprint density at radius 2 is 1.50 bits per heavy atom. The van der Waals surface area contributed by atoms with Gasteiger partial charge in [-0.05, 0) is 41.9 Å². The molecule has 0 bridgehead atoms. The number of thiol groups is 5. The van der Waals surface area contributed by atoms with Crippen molar-refractivity contribution in [2.75, 3.05) is 28.8 Å². The van der Waals surface area contributed by atoms with E-state index in [1.165, 1.54) is 25.0 Å². The molecular weight excluding hydrogens is 337 g/mol. The van der Waals surface area contributed by atoms with Crippen LogP contribution >= 0.6 is 74.9 Å². The normalized spacial score (nSPS) is 16.6. The van der Waals surface area contributed by atoms with Gasteiger partial charge >= 0.3 is 0 Å². The highest BCUT2D eigenvalue weighted by Crippen LogP contribution is 2.30. The van der Waals surface area contributed by atoms with Crippen molar-refractivity contribution in [2.45, 2.75) is 30.9 Å². The molecule has 1 aliphatic rings. The maximum Gasteiger partial charge on any atom is 0.0226 e. The standard InChI is InChI=1S/C5H12S2.C4H8S2.C3H6S2/c6-4-2-1-3-5-7;5-3-1-2-4-6;4-1-3-2-5-3/h6-7H,1-5H2;1,3,5-6H,2,4H2;3-4H,1-2H2. The molecule has 0 N–H and O–H groups in total. The molecule has 6 heteroatoms. The summed E-state index contributed by atoms with van der Waals surface area (Å²) >= 11 is 22.0. The van der Waals surface area contributed by atoms with E-state index in [1.54, 1.807) is 5.41 Å². The van der Waals surface area contributed by atoms with E-state index in [9.17, 15) is 0 Å². The Morgan fingerprint density at radius 1 is 0.944 bits per heavy atom. The molecule has 0 radical (unpaired) electrons. The van der Waals surface area contributed by atoms with Crippen molar-refractivity contribution in [3.8, 4) is 0 Å². The van der Waals surface area contributed by atoms with Crippen molar-refractivity contribution in [1.82, 2.24) is 0 Å². The van der Waals surface area contributed by atoms with Gasteiger partial charge in [0, 0.05) is 16.8 Å². The van der Waals surface area contributed by atoms with Crippen LogP contribution in [0.1, 0.15) is 25.7 Å². The van der Waals surface area contributed by atoms with Crippen LogP contribution in [0.15, 0.2) is 11.5 Å². The van der Waals surface area contributed by atoms with Crippen molar-refractivity contribution >= 4 is 74.9 Å². The van der Waals surface area contributed by atoms with Crippen molar-refractivity contribution < 1.29 is 0 Å². The summed E-state index contributed by atoms with van der Waals surface area (Å²) in [4.78, 5) is 0. The molecule has 0 aromatic carbocycles. The van der Waals surface area contributed by atoms with Crippen molar-refractivity contribution in [3.05, 3.63) is 11.5 Å². The molecule has 0 saturated carbocycles. The lowest BCUT2D eigenvalue weighted by Crippen LogP contribution is -1.78. The monoisotopic (exact) mass is 362 g/mol. The van der Waals surface area contributed by atoms with Crippen LogP contribution in [0.3, 0.4) is 0 Å². The fraction of sp³-hybridized carbons (Fsp3) is 0.833. The van der Waals surface area contributed by atoms with Crippen molar-refractivity contribution in [2.24, 2.45) is 0 Å². The van der Waals surface area contributed by atoms with Gasteiger partial charge in [0.05, 0.1) is 0 Å². The van der Waals surface area contributed by atoms with Gasteiger partial charge in [-0.3, -0.25) is 0 Å². The van der Waals surface area contributed by atoms with Gasteiger partial charge in [0.25, 0.3) is 0 Å². The first-order chi connectivity index (χ1) is 8.76. The summed E-state index contributed by atoms with van der Waals surface area (Å²) in [7, 11) is 0. The van der Waals surface area contributed by atoms with E-state index in [0.717, 1.165) is 34.7 Å². The van der Waals surface area contributed by atoms with Crippen LogP contribution in [-0.4, -0.2) is 34.0 Å². The summed E-state index contributed by atoms with van der Waals surface area (Å²) in [6.07, 6.45) is 6.75. The summed E-state index contributed by atoms with van der Waals surface area (Å²) in [5.41, 5.74) is 0. The molecule has 1 heterocycles. The highest BCUT2D eigenvalue weighted by atomic mass is 32.2. The first kappa shape index (κ1) is 22.1. The van der Waals surface area contributed by atoms with E-state index in [1.807, 2.05) is 17.8 Å². The topological polar surface area (TPSA) is 0 Å². The van der Waals surface area contributed by atoms with E-state index in [0.29, 0.717) is 0 Å². The van der Waals surface area contributed by atoms with Crippen LogP contribution in [0, 0.1) is 0 Å². The Kier molecular flexibility index (Phi) is 26.0. The number of unbranched alkanes of at least 4 members (excludes halogenated alkanes) is 2. The predicted octanol–water partition coefficient (Wildman–Crippen LogP) is 4.80. The molecule has 110 valence electrons. The first-order valence-corrected chi connectivity index (χ1v) is 10.2. The maximum atomic E-state index is 4.07. The number of hydrogen-bond donors (Lipinski definition) is 5. The molecule has 1 atom stereocenters. The highest BCUT2D eigenvalue weighted by molar-refractivity contribution is 8.07. The van der Waals surface area contributed by atoms with Crippen molar-refractivity contribution in [3.63, 3.8) is 0 Å². The van der Waals surface area contributed by atoms with E-state index in [4.69, 9.17) is 0 Å². The molecule has 1 rings (SSSR count). The lowest BCUT2D eigenvalue weighted by atomic mass is 10.3. The molecule has 0 nitrogen and oxygen atoms in total. The van der Waals surface area contributed by atoms with Crippen molar-refractivity contribution in [1.29, 1.82) is 0 Å². The van der Waals surface area contributed by atoms with Gasteiger partial charge in [0.1, 0.15) is 0 Å². The Morgan fingerprint density at radius 3 is 1.67 bits per heavy atom. The Hall–Kier alpha value is 1.84. The molecular formula is C12H26S6. The molecule has 0 amide bonds. The molecule has 1 fully saturated rings. The number of rotatable bonds is 7. The first-order valence-electron chi connectivity index (χ1n) is 6.11. The predicted molar refractivity (Wildman–Crippen MR) is 108 cm³/mol. The van der Waals surface area contributed by atoms with E-state index < -0.39 is 0 Å². The highest BCUT2D eigenvalue weighted by Gasteiger charge is 2.18. The summed E-state index contributed by atoms with van der Waals surface area (Å²) in [5, 5.41) is 2.65. The van der Waals surface area contributed by atoms with Crippen LogP contribution < -0.4 is 0 Å². The second-order valence-corrected chi connectivity index (χ2v) is 6.88. The van der Waals surface area contributed by atoms with Gasteiger partial charge in [-0.1, -0.05) is 12.5 Å². The lowest BCUT2D eigenvalue weighted by molar-refractivity contribution is 0.788. The molecule has 1 unspecified atom stereocenters. The zero-order chi connectivity index (χ0) is 14.1. The fourth-order valence-electron chi connectivity index (χ4n) is 0.723. The van der Waals surface area contributed by atoms with E-state index in [2.05, 4.69) is 63.1 Å². The van der Waals surface area contributed by atoms with Crippen LogP contribution in [0.25, 0.3) is 0 Å². The smallest absolute Gasteiger partial charge is 0.0226 e. The average molecular weight is 363 g/mol. The third-order valence-corrected chi connectivity index (χ3v) is 4.58. The summed E-state index contributed by atoms with van der Waals surface area (Å²) in [5.74, 6) is 5.38. The van der Waals surface area contributed by atoms with Gasteiger partial charge in [0.15, 0.2) is 0 Å². The zero-order valence-corrected chi connectivity index (χ0v) is 16.0.